The molecule has 1 amide bonds. The van der Waals surface area contributed by atoms with E-state index in [4.69, 9.17) is 14.2 Å². The molecule has 192 valence electrons. The van der Waals surface area contributed by atoms with Crippen molar-refractivity contribution in [1.82, 2.24) is 9.36 Å². The molecule has 36 heavy (non-hydrogen) atoms. The third-order valence-electron chi connectivity index (χ3n) is 5.51. The van der Waals surface area contributed by atoms with Gasteiger partial charge in [0, 0.05) is 7.05 Å². The van der Waals surface area contributed by atoms with Crippen LogP contribution in [0.2, 0.25) is 0 Å². The van der Waals surface area contributed by atoms with Crippen molar-refractivity contribution in [2.75, 3.05) is 18.5 Å². The first kappa shape index (κ1) is 26.6. The number of carbonyl (C=O) groups is 2. The lowest BCUT2D eigenvalue weighted by Gasteiger charge is -2.16. The minimum atomic E-state index is -1.14. The van der Waals surface area contributed by atoms with Crippen LogP contribution in [0.15, 0.2) is 53.3 Å². The van der Waals surface area contributed by atoms with E-state index in [0.717, 1.165) is 0 Å². The second-order valence-corrected chi connectivity index (χ2v) is 8.77. The van der Waals surface area contributed by atoms with E-state index in [-0.39, 0.29) is 16.8 Å². The average molecular weight is 496 g/mol. The summed E-state index contributed by atoms with van der Waals surface area (Å²) in [6, 6.07) is 13.8. The van der Waals surface area contributed by atoms with Crippen LogP contribution in [-0.4, -0.2) is 40.6 Å². The number of hydrogen-bond donors (Lipinski definition) is 1. The van der Waals surface area contributed by atoms with Crippen molar-refractivity contribution < 1.29 is 23.8 Å². The molecule has 1 N–H and O–H groups in total. The Morgan fingerprint density at radius 3 is 2.33 bits per heavy atom. The van der Waals surface area contributed by atoms with Gasteiger partial charge in [-0.1, -0.05) is 32.0 Å². The molecule has 0 aliphatic rings. The second-order valence-electron chi connectivity index (χ2n) is 8.77. The molecule has 0 aliphatic carbocycles. The number of aromatic nitrogens is 2. The van der Waals surface area contributed by atoms with Gasteiger partial charge in [0.2, 0.25) is 0 Å². The SMILES string of the molecule is CCOc1cc(C(=O)OC(C)C(=O)Nc2c(C)n(C)n(-c3ccccc3)c2=O)ccc1OCC(C)C. The van der Waals surface area contributed by atoms with Crippen LogP contribution in [0.4, 0.5) is 5.69 Å². The van der Waals surface area contributed by atoms with Gasteiger partial charge in [0.05, 0.1) is 30.2 Å². The number of para-hydroxylation sites is 1. The molecule has 0 spiro atoms. The molecule has 0 fully saturated rings. The summed E-state index contributed by atoms with van der Waals surface area (Å²) in [7, 11) is 1.73. The summed E-state index contributed by atoms with van der Waals surface area (Å²) in [5.41, 5.74) is 1.19. The molecule has 3 rings (SSSR count). The lowest BCUT2D eigenvalue weighted by Crippen LogP contribution is -2.32. The van der Waals surface area contributed by atoms with Crippen molar-refractivity contribution in [1.29, 1.82) is 0 Å². The fraction of sp³-hybridized carbons (Fsp3) is 0.370. The third-order valence-corrected chi connectivity index (χ3v) is 5.51. The first-order chi connectivity index (χ1) is 17.1. The van der Waals surface area contributed by atoms with Crippen molar-refractivity contribution in [3.05, 3.63) is 70.1 Å². The van der Waals surface area contributed by atoms with Gasteiger partial charge in [-0.2, -0.15) is 0 Å². The first-order valence-electron chi connectivity index (χ1n) is 11.9. The van der Waals surface area contributed by atoms with Gasteiger partial charge >= 0.3 is 5.97 Å². The molecular weight excluding hydrogens is 462 g/mol. The Hall–Kier alpha value is -4.01. The predicted molar refractivity (Wildman–Crippen MR) is 137 cm³/mol. The van der Waals surface area contributed by atoms with Crippen molar-refractivity contribution in [2.24, 2.45) is 13.0 Å². The predicted octanol–water partition coefficient (Wildman–Crippen LogP) is 4.10. The zero-order valence-electron chi connectivity index (χ0n) is 21.5. The summed E-state index contributed by atoms with van der Waals surface area (Å²) >= 11 is 0. The summed E-state index contributed by atoms with van der Waals surface area (Å²) < 4.78 is 19.9. The number of carbonyl (C=O) groups excluding carboxylic acids is 2. The number of nitrogens with one attached hydrogen (secondary N) is 1. The van der Waals surface area contributed by atoms with Gasteiger partial charge in [-0.05, 0) is 57.0 Å². The molecule has 1 unspecified atom stereocenters. The summed E-state index contributed by atoms with van der Waals surface area (Å²) in [4.78, 5) is 38.6. The van der Waals surface area contributed by atoms with Crippen molar-refractivity contribution >= 4 is 17.6 Å². The van der Waals surface area contributed by atoms with Gasteiger partial charge in [-0.3, -0.25) is 14.3 Å². The van der Waals surface area contributed by atoms with Crippen LogP contribution in [0.3, 0.4) is 0 Å². The Morgan fingerprint density at radius 2 is 1.69 bits per heavy atom. The Balaban J connectivity index is 1.73. The smallest absolute Gasteiger partial charge is 0.339 e. The number of anilines is 1. The number of nitrogens with zero attached hydrogens (tertiary/aromatic N) is 2. The lowest BCUT2D eigenvalue weighted by atomic mass is 10.2. The highest BCUT2D eigenvalue weighted by molar-refractivity contribution is 5.97. The molecule has 2 aromatic carbocycles. The molecule has 0 aliphatic heterocycles. The molecule has 1 atom stereocenters. The number of hydrogen-bond acceptors (Lipinski definition) is 6. The van der Waals surface area contributed by atoms with Gasteiger partial charge in [0.15, 0.2) is 17.6 Å². The number of esters is 1. The first-order valence-corrected chi connectivity index (χ1v) is 11.9. The van der Waals surface area contributed by atoms with Crippen LogP contribution in [0.25, 0.3) is 5.69 Å². The molecule has 1 aromatic heterocycles. The van der Waals surface area contributed by atoms with E-state index in [0.29, 0.717) is 42.0 Å². The molecule has 0 radical (unpaired) electrons. The fourth-order valence-electron chi connectivity index (χ4n) is 3.50. The number of rotatable bonds is 10. The highest BCUT2D eigenvalue weighted by atomic mass is 16.5. The minimum absolute atomic E-state index is 0.125. The van der Waals surface area contributed by atoms with Crippen molar-refractivity contribution in [3.63, 3.8) is 0 Å². The summed E-state index contributed by atoms with van der Waals surface area (Å²) in [6.45, 7) is 9.98. The molecule has 9 nitrogen and oxygen atoms in total. The van der Waals surface area contributed by atoms with E-state index in [9.17, 15) is 14.4 Å². The second kappa shape index (κ2) is 11.6. The Bertz CT molecular complexity index is 1280. The largest absolute Gasteiger partial charge is 0.490 e. The topological polar surface area (TPSA) is 101 Å². The van der Waals surface area contributed by atoms with Crippen LogP contribution in [0.1, 0.15) is 43.7 Å². The normalized spacial score (nSPS) is 11.8. The van der Waals surface area contributed by atoms with Gasteiger partial charge in [0.25, 0.3) is 11.5 Å². The number of ether oxygens (including phenoxy) is 3. The van der Waals surface area contributed by atoms with Crippen LogP contribution < -0.4 is 20.3 Å². The Kier molecular flexibility index (Phi) is 8.58. The molecule has 0 bridgehead atoms. The van der Waals surface area contributed by atoms with E-state index in [1.54, 1.807) is 42.9 Å². The quantitative estimate of drug-likeness (QED) is 0.425. The van der Waals surface area contributed by atoms with Crippen LogP contribution in [0.5, 0.6) is 11.5 Å². The maximum atomic E-state index is 13.0. The van der Waals surface area contributed by atoms with E-state index in [1.807, 2.05) is 39.0 Å². The fourth-order valence-corrected chi connectivity index (χ4v) is 3.50. The Morgan fingerprint density at radius 1 is 1.00 bits per heavy atom. The maximum Gasteiger partial charge on any atom is 0.339 e. The zero-order valence-corrected chi connectivity index (χ0v) is 21.5. The van der Waals surface area contributed by atoms with Crippen LogP contribution in [-0.2, 0) is 16.6 Å². The number of benzene rings is 2. The molecular formula is C27H33N3O6. The third kappa shape index (κ3) is 5.97. The summed E-state index contributed by atoms with van der Waals surface area (Å²) in [6.07, 6.45) is -1.14. The maximum absolute atomic E-state index is 13.0. The van der Waals surface area contributed by atoms with E-state index in [2.05, 4.69) is 5.32 Å². The zero-order chi connectivity index (χ0) is 26.4. The van der Waals surface area contributed by atoms with E-state index < -0.39 is 18.0 Å². The van der Waals surface area contributed by atoms with Crippen molar-refractivity contribution in [2.45, 2.75) is 40.7 Å². The minimum Gasteiger partial charge on any atom is -0.490 e. The average Bonchev–Trinajstić information content (AvgIpc) is 3.06. The van der Waals surface area contributed by atoms with Crippen molar-refractivity contribution in [3.8, 4) is 17.2 Å². The molecule has 0 saturated carbocycles. The molecule has 1 heterocycles. The monoisotopic (exact) mass is 495 g/mol. The van der Waals surface area contributed by atoms with Gasteiger partial charge in [-0.25, -0.2) is 9.48 Å². The van der Waals surface area contributed by atoms with Crippen LogP contribution >= 0.6 is 0 Å². The van der Waals surface area contributed by atoms with E-state index >= 15 is 0 Å². The molecule has 0 saturated heterocycles. The molecule has 3 aromatic rings. The lowest BCUT2D eigenvalue weighted by molar-refractivity contribution is -0.123. The number of amides is 1. The standard InChI is InChI=1S/C27H33N3O6/c1-7-34-23-15-20(13-14-22(23)35-16-17(2)3)27(33)36-19(5)25(31)28-24-18(4)29(6)30(26(24)32)21-11-9-8-10-12-21/h8-15,17,19H,7,16H2,1-6H3,(H,28,31). The van der Waals surface area contributed by atoms with Gasteiger partial charge in [-0.15, -0.1) is 0 Å². The molecule has 9 heteroatoms. The highest BCUT2D eigenvalue weighted by Crippen LogP contribution is 2.29. The van der Waals surface area contributed by atoms with Gasteiger partial charge in [0.1, 0.15) is 5.69 Å². The van der Waals surface area contributed by atoms with Gasteiger partial charge < -0.3 is 19.5 Å². The Labute approximate surface area is 210 Å². The summed E-state index contributed by atoms with van der Waals surface area (Å²) in [5, 5.41) is 2.62. The highest BCUT2D eigenvalue weighted by Gasteiger charge is 2.24. The van der Waals surface area contributed by atoms with Crippen LogP contribution in [0, 0.1) is 12.8 Å². The summed E-state index contributed by atoms with van der Waals surface area (Å²) in [5.74, 6) is -0.0291. The van der Waals surface area contributed by atoms with E-state index in [1.165, 1.54) is 17.7 Å².